The first kappa shape index (κ1) is 8.74. The van der Waals surface area contributed by atoms with E-state index in [2.05, 4.69) is 15.5 Å². The Morgan fingerprint density at radius 2 is 2.38 bits per heavy atom. The van der Waals surface area contributed by atoms with Crippen molar-refractivity contribution >= 4 is 12.2 Å². The van der Waals surface area contributed by atoms with Gasteiger partial charge < -0.3 is 0 Å². The van der Waals surface area contributed by atoms with Crippen molar-refractivity contribution in [1.29, 1.82) is 0 Å². The van der Waals surface area contributed by atoms with E-state index in [0.717, 1.165) is 0 Å². The lowest BCUT2D eigenvalue weighted by molar-refractivity contribution is 0.00507. The molecule has 1 atom stereocenters. The number of rotatable bonds is 1. The van der Waals surface area contributed by atoms with Crippen molar-refractivity contribution in [3.05, 3.63) is 4.77 Å². The predicted octanol–water partition coefficient (Wildman–Crippen LogP) is 1.70. The predicted molar refractivity (Wildman–Crippen MR) is 43.0 cm³/mol. The molecule has 1 aliphatic rings. The van der Waals surface area contributed by atoms with Crippen molar-refractivity contribution in [3.8, 4) is 0 Å². The summed E-state index contributed by atoms with van der Waals surface area (Å²) in [6, 6.07) is -0.280. The quantitative estimate of drug-likeness (QED) is 0.711. The van der Waals surface area contributed by atoms with Gasteiger partial charge in [0.15, 0.2) is 0 Å². The van der Waals surface area contributed by atoms with Crippen LogP contribution in [0.25, 0.3) is 0 Å². The molecule has 2 rings (SSSR count). The van der Waals surface area contributed by atoms with Crippen molar-refractivity contribution < 1.29 is 8.78 Å². The van der Waals surface area contributed by atoms with Crippen LogP contribution in [0.4, 0.5) is 8.78 Å². The van der Waals surface area contributed by atoms with E-state index >= 15 is 0 Å². The van der Waals surface area contributed by atoms with Crippen molar-refractivity contribution in [1.82, 2.24) is 20.2 Å². The molecule has 72 valence electrons. The fourth-order valence-corrected chi connectivity index (χ4v) is 1.82. The molecule has 1 aromatic rings. The summed E-state index contributed by atoms with van der Waals surface area (Å²) in [5.41, 5.74) is 0. The Hall–Kier alpha value is -0.850. The van der Waals surface area contributed by atoms with Crippen LogP contribution < -0.4 is 0 Å². The summed E-state index contributed by atoms with van der Waals surface area (Å²) >= 11 is 4.81. The Balaban J connectivity index is 2.22. The van der Waals surface area contributed by atoms with Crippen molar-refractivity contribution in [2.45, 2.75) is 31.2 Å². The smallest absolute Gasteiger partial charge is 0.239 e. The molecule has 1 N–H and O–H groups in total. The summed E-state index contributed by atoms with van der Waals surface area (Å²) in [5.74, 6) is -2.56. The number of aromatic nitrogens is 4. The maximum Gasteiger partial charge on any atom is 0.250 e. The molecule has 0 amide bonds. The Labute approximate surface area is 77.9 Å². The summed E-state index contributed by atoms with van der Waals surface area (Å²) in [4.78, 5) is 0. The van der Waals surface area contributed by atoms with Gasteiger partial charge in [0.25, 0.3) is 0 Å². The number of nitrogens with one attached hydrogen (secondary N) is 1. The number of aromatic amines is 1. The van der Waals surface area contributed by atoms with Crippen LogP contribution in [0.5, 0.6) is 0 Å². The highest BCUT2D eigenvalue weighted by Crippen LogP contribution is 2.40. The minimum atomic E-state index is -2.56. The third-order valence-corrected chi connectivity index (χ3v) is 2.52. The molecule has 1 heterocycles. The van der Waals surface area contributed by atoms with Gasteiger partial charge in [0.2, 0.25) is 10.7 Å². The lowest BCUT2D eigenvalue weighted by Gasteiger charge is -2.09. The number of tetrazole rings is 1. The molecule has 1 unspecified atom stereocenters. The van der Waals surface area contributed by atoms with Crippen molar-refractivity contribution in [2.75, 3.05) is 0 Å². The average molecular weight is 206 g/mol. The van der Waals surface area contributed by atoms with Gasteiger partial charge in [-0.15, -0.1) is 0 Å². The Morgan fingerprint density at radius 1 is 1.62 bits per heavy atom. The van der Waals surface area contributed by atoms with Crippen LogP contribution in [0.2, 0.25) is 0 Å². The molecule has 1 fully saturated rings. The first-order chi connectivity index (χ1) is 6.08. The normalized spacial score (nSPS) is 26.5. The molecular formula is C6H8F2N4S. The van der Waals surface area contributed by atoms with Gasteiger partial charge in [0.05, 0.1) is 6.04 Å². The van der Waals surface area contributed by atoms with Gasteiger partial charge in [-0.1, -0.05) is 10.3 Å². The molecule has 4 nitrogen and oxygen atoms in total. The van der Waals surface area contributed by atoms with E-state index in [-0.39, 0.29) is 23.7 Å². The van der Waals surface area contributed by atoms with Gasteiger partial charge in [-0.2, -0.15) is 5.21 Å². The van der Waals surface area contributed by atoms with E-state index in [0.29, 0.717) is 6.42 Å². The molecule has 7 heteroatoms. The van der Waals surface area contributed by atoms with Crippen LogP contribution in [0.15, 0.2) is 0 Å². The van der Waals surface area contributed by atoms with Gasteiger partial charge in [-0.05, 0) is 18.6 Å². The average Bonchev–Trinajstić information content (AvgIpc) is 2.56. The molecule has 0 aliphatic heterocycles. The number of hydrogen-bond donors (Lipinski definition) is 1. The van der Waals surface area contributed by atoms with E-state index in [1.807, 2.05) is 0 Å². The molecule has 0 radical (unpaired) electrons. The van der Waals surface area contributed by atoms with Crippen LogP contribution in [-0.2, 0) is 0 Å². The number of H-pyrrole nitrogens is 1. The molecule has 0 spiro atoms. The van der Waals surface area contributed by atoms with Crippen molar-refractivity contribution in [2.24, 2.45) is 0 Å². The first-order valence-corrected chi connectivity index (χ1v) is 4.37. The van der Waals surface area contributed by atoms with Gasteiger partial charge in [0, 0.05) is 12.8 Å². The van der Waals surface area contributed by atoms with Crippen LogP contribution >= 0.6 is 12.2 Å². The fraction of sp³-hybridized carbons (Fsp3) is 0.833. The topological polar surface area (TPSA) is 46.5 Å². The van der Waals surface area contributed by atoms with Gasteiger partial charge in [-0.25, -0.2) is 13.5 Å². The van der Waals surface area contributed by atoms with E-state index in [1.54, 1.807) is 0 Å². The Morgan fingerprint density at radius 3 is 2.85 bits per heavy atom. The van der Waals surface area contributed by atoms with Gasteiger partial charge in [-0.3, -0.25) is 0 Å². The van der Waals surface area contributed by atoms with Crippen LogP contribution in [0.1, 0.15) is 25.3 Å². The number of nitrogens with zero attached hydrogens (tertiary/aromatic N) is 3. The summed E-state index contributed by atoms with van der Waals surface area (Å²) in [5, 5.41) is 9.49. The zero-order chi connectivity index (χ0) is 9.47. The van der Waals surface area contributed by atoms with Crippen molar-refractivity contribution in [3.63, 3.8) is 0 Å². The lowest BCUT2D eigenvalue weighted by Crippen LogP contribution is -2.13. The maximum absolute atomic E-state index is 12.8. The van der Waals surface area contributed by atoms with E-state index in [1.165, 1.54) is 4.68 Å². The monoisotopic (exact) mass is 206 g/mol. The number of alkyl halides is 2. The molecule has 13 heavy (non-hydrogen) atoms. The summed E-state index contributed by atoms with van der Waals surface area (Å²) in [6.45, 7) is 0. The lowest BCUT2D eigenvalue weighted by atomic mass is 10.2. The van der Waals surface area contributed by atoms with Gasteiger partial charge in [0.1, 0.15) is 0 Å². The molecule has 1 aromatic heterocycles. The van der Waals surface area contributed by atoms with Gasteiger partial charge >= 0.3 is 0 Å². The van der Waals surface area contributed by atoms with E-state index in [4.69, 9.17) is 12.2 Å². The van der Waals surface area contributed by atoms with Crippen LogP contribution in [-0.4, -0.2) is 26.1 Å². The third-order valence-electron chi connectivity index (χ3n) is 2.24. The third kappa shape index (κ3) is 1.60. The second-order valence-electron chi connectivity index (χ2n) is 3.21. The second-order valence-corrected chi connectivity index (χ2v) is 3.57. The fourth-order valence-electron chi connectivity index (χ4n) is 1.59. The SMILES string of the molecule is FC1(F)CCC(n2[nH]nnc2=S)C1. The largest absolute Gasteiger partial charge is 0.250 e. The summed E-state index contributed by atoms with van der Waals surface area (Å²) in [6.07, 6.45) is 0.162. The molecule has 1 saturated carbocycles. The highest BCUT2D eigenvalue weighted by molar-refractivity contribution is 7.71. The number of halogens is 2. The molecular weight excluding hydrogens is 198 g/mol. The highest BCUT2D eigenvalue weighted by Gasteiger charge is 2.40. The Bertz CT molecular complexity index is 358. The van der Waals surface area contributed by atoms with E-state index < -0.39 is 5.92 Å². The minimum Gasteiger partial charge on any atom is -0.239 e. The standard InChI is InChI=1S/C6H8F2N4S/c7-6(8)2-1-4(3-6)12-5(13)9-10-11-12/h4H,1-3H2,(H,9,11,13). The van der Waals surface area contributed by atoms with Crippen LogP contribution in [0.3, 0.4) is 0 Å². The zero-order valence-corrected chi connectivity index (χ0v) is 7.52. The number of hydrogen-bond acceptors (Lipinski definition) is 3. The van der Waals surface area contributed by atoms with E-state index in [9.17, 15) is 8.78 Å². The molecule has 0 aromatic carbocycles. The molecule has 0 saturated heterocycles. The zero-order valence-electron chi connectivity index (χ0n) is 6.70. The highest BCUT2D eigenvalue weighted by atomic mass is 32.1. The summed E-state index contributed by atoms with van der Waals surface area (Å²) in [7, 11) is 0. The second kappa shape index (κ2) is 2.83. The molecule has 0 bridgehead atoms. The summed E-state index contributed by atoms with van der Waals surface area (Å²) < 4.78 is 27.3. The Kier molecular flexibility index (Phi) is 1.90. The maximum atomic E-state index is 12.8. The first-order valence-electron chi connectivity index (χ1n) is 3.96. The molecule has 1 aliphatic carbocycles. The van der Waals surface area contributed by atoms with Crippen LogP contribution in [0, 0.1) is 4.77 Å². The minimum absolute atomic E-state index is 0.0849.